The van der Waals surface area contributed by atoms with Gasteiger partial charge in [-0.3, -0.25) is 14.6 Å². The summed E-state index contributed by atoms with van der Waals surface area (Å²) in [6, 6.07) is 11.4. The van der Waals surface area contributed by atoms with Crippen LogP contribution in [0.15, 0.2) is 40.9 Å². The fraction of sp³-hybridized carbons (Fsp3) is 0.458. The van der Waals surface area contributed by atoms with E-state index in [0.29, 0.717) is 22.2 Å². The highest BCUT2D eigenvalue weighted by Crippen LogP contribution is 2.27. The summed E-state index contributed by atoms with van der Waals surface area (Å²) in [6.07, 6.45) is 3.52. The van der Waals surface area contributed by atoms with Crippen molar-refractivity contribution in [2.45, 2.75) is 31.8 Å². The minimum atomic E-state index is -0.117. The number of benzene rings is 2. The summed E-state index contributed by atoms with van der Waals surface area (Å²) in [4.78, 5) is 17.3. The van der Waals surface area contributed by atoms with Gasteiger partial charge in [0.2, 0.25) is 0 Å². The first kappa shape index (κ1) is 23.8. The van der Waals surface area contributed by atoms with E-state index in [1.54, 1.807) is 18.2 Å². The van der Waals surface area contributed by atoms with Crippen LogP contribution in [0.25, 0.3) is 0 Å². The van der Waals surface area contributed by atoms with Gasteiger partial charge in [-0.1, -0.05) is 29.3 Å². The number of halogens is 3. The van der Waals surface area contributed by atoms with Gasteiger partial charge < -0.3 is 10.1 Å². The summed E-state index contributed by atoms with van der Waals surface area (Å²) in [6.45, 7) is 6.67. The molecule has 32 heavy (non-hydrogen) atoms. The van der Waals surface area contributed by atoms with Gasteiger partial charge in [-0.2, -0.15) is 0 Å². The third-order valence-corrected chi connectivity index (χ3v) is 7.41. The van der Waals surface area contributed by atoms with Crippen LogP contribution in [0.2, 0.25) is 10.0 Å². The summed E-state index contributed by atoms with van der Waals surface area (Å²) < 4.78 is 6.96. The SMILES string of the molecule is O=C(N[C@H]1CCN(Cc2ccc(OCCN3CCCC3)c(Br)c2)C1)c1ccc(Cl)c(Cl)c1. The predicted octanol–water partition coefficient (Wildman–Crippen LogP) is 5.23. The van der Waals surface area contributed by atoms with Crippen molar-refractivity contribution in [3.63, 3.8) is 0 Å². The van der Waals surface area contributed by atoms with Gasteiger partial charge in [-0.15, -0.1) is 0 Å². The smallest absolute Gasteiger partial charge is 0.251 e. The van der Waals surface area contributed by atoms with Crippen LogP contribution in [0.4, 0.5) is 0 Å². The minimum Gasteiger partial charge on any atom is -0.491 e. The Hall–Kier alpha value is -1.31. The number of ether oxygens (including phenoxy) is 1. The van der Waals surface area contributed by atoms with Gasteiger partial charge in [0.05, 0.1) is 14.5 Å². The zero-order chi connectivity index (χ0) is 22.5. The third-order valence-electron chi connectivity index (χ3n) is 6.06. The first-order valence-electron chi connectivity index (χ1n) is 11.1. The number of likely N-dealkylation sites (tertiary alicyclic amines) is 2. The largest absolute Gasteiger partial charge is 0.491 e. The lowest BCUT2D eigenvalue weighted by Crippen LogP contribution is -2.37. The number of carbonyl (C=O) groups excluding carboxylic acids is 1. The average molecular weight is 541 g/mol. The Bertz CT molecular complexity index is 953. The molecule has 0 unspecified atom stereocenters. The summed E-state index contributed by atoms with van der Waals surface area (Å²) in [5.74, 6) is 0.773. The lowest BCUT2D eigenvalue weighted by molar-refractivity contribution is 0.0937. The number of hydrogen-bond acceptors (Lipinski definition) is 4. The summed E-state index contributed by atoms with van der Waals surface area (Å²) >= 11 is 15.6. The van der Waals surface area contributed by atoms with Gasteiger partial charge in [-0.25, -0.2) is 0 Å². The molecule has 2 fully saturated rings. The van der Waals surface area contributed by atoms with E-state index in [9.17, 15) is 4.79 Å². The van der Waals surface area contributed by atoms with Crippen molar-refractivity contribution in [1.82, 2.24) is 15.1 Å². The number of carbonyl (C=O) groups is 1. The second-order valence-electron chi connectivity index (χ2n) is 8.49. The number of hydrogen-bond donors (Lipinski definition) is 1. The van der Waals surface area contributed by atoms with Crippen molar-refractivity contribution >= 4 is 45.0 Å². The quantitative estimate of drug-likeness (QED) is 0.497. The van der Waals surface area contributed by atoms with Gasteiger partial charge in [0.15, 0.2) is 0 Å². The van der Waals surface area contributed by atoms with Gasteiger partial charge in [0, 0.05) is 37.8 Å². The summed E-state index contributed by atoms with van der Waals surface area (Å²) in [5.41, 5.74) is 1.75. The first-order chi connectivity index (χ1) is 15.5. The Balaban J connectivity index is 1.24. The Labute approximate surface area is 208 Å². The van der Waals surface area contributed by atoms with E-state index >= 15 is 0 Å². The standard InChI is InChI=1S/C24H28BrCl2N3O2/c25-20-13-17(3-6-23(20)32-12-11-29-8-1-2-9-29)15-30-10-7-19(16-30)28-24(31)18-4-5-21(26)22(27)14-18/h3-6,13-14,19H,1-2,7-12,15-16H2,(H,28,31)/t19-/m0/s1. The molecular weight excluding hydrogens is 513 g/mol. The topological polar surface area (TPSA) is 44.8 Å². The van der Waals surface area contributed by atoms with E-state index in [1.807, 2.05) is 6.07 Å². The van der Waals surface area contributed by atoms with Crippen molar-refractivity contribution in [3.8, 4) is 5.75 Å². The van der Waals surface area contributed by atoms with Crippen molar-refractivity contribution in [2.75, 3.05) is 39.3 Å². The molecule has 2 heterocycles. The fourth-order valence-electron chi connectivity index (χ4n) is 4.31. The fourth-order valence-corrected chi connectivity index (χ4v) is 5.15. The molecule has 2 aliphatic rings. The molecule has 0 aromatic heterocycles. The van der Waals surface area contributed by atoms with E-state index in [1.165, 1.54) is 31.5 Å². The average Bonchev–Trinajstić information content (AvgIpc) is 3.44. The summed E-state index contributed by atoms with van der Waals surface area (Å²) in [7, 11) is 0. The van der Waals surface area contributed by atoms with E-state index in [-0.39, 0.29) is 11.9 Å². The lowest BCUT2D eigenvalue weighted by atomic mass is 10.2. The zero-order valence-electron chi connectivity index (χ0n) is 18.0. The molecule has 2 aromatic carbocycles. The Kier molecular flexibility index (Phi) is 8.35. The van der Waals surface area contributed by atoms with Gasteiger partial charge in [0.25, 0.3) is 5.91 Å². The van der Waals surface area contributed by atoms with Crippen molar-refractivity contribution in [2.24, 2.45) is 0 Å². The zero-order valence-corrected chi connectivity index (χ0v) is 21.1. The normalized spacial score (nSPS) is 19.4. The number of amides is 1. The van der Waals surface area contributed by atoms with Crippen molar-refractivity contribution in [3.05, 3.63) is 62.0 Å². The Morgan fingerprint density at radius 2 is 1.88 bits per heavy atom. The van der Waals surface area contributed by atoms with Gasteiger partial charge >= 0.3 is 0 Å². The van der Waals surface area contributed by atoms with Crippen LogP contribution in [0, 0.1) is 0 Å². The molecule has 172 valence electrons. The maximum atomic E-state index is 12.5. The molecule has 8 heteroatoms. The molecule has 2 aliphatic heterocycles. The van der Waals surface area contributed by atoms with Crippen LogP contribution in [-0.4, -0.2) is 61.1 Å². The molecule has 4 rings (SSSR count). The minimum absolute atomic E-state index is 0.117. The molecule has 0 radical (unpaired) electrons. The molecule has 0 saturated carbocycles. The maximum absolute atomic E-state index is 12.5. The second kappa shape index (κ2) is 11.2. The van der Waals surface area contributed by atoms with Crippen molar-refractivity contribution in [1.29, 1.82) is 0 Å². The molecular formula is C24H28BrCl2N3O2. The van der Waals surface area contributed by atoms with E-state index in [0.717, 1.165) is 42.8 Å². The van der Waals surface area contributed by atoms with Crippen LogP contribution in [0.1, 0.15) is 35.2 Å². The molecule has 0 spiro atoms. The van der Waals surface area contributed by atoms with Gasteiger partial charge in [-0.05, 0) is 84.2 Å². The van der Waals surface area contributed by atoms with Gasteiger partial charge in [0.1, 0.15) is 12.4 Å². The first-order valence-corrected chi connectivity index (χ1v) is 12.6. The van der Waals surface area contributed by atoms with E-state index in [2.05, 4.69) is 43.2 Å². The van der Waals surface area contributed by atoms with Crippen LogP contribution in [0.3, 0.4) is 0 Å². The molecule has 0 aliphatic carbocycles. The second-order valence-corrected chi connectivity index (χ2v) is 10.2. The van der Waals surface area contributed by atoms with Crippen LogP contribution in [0.5, 0.6) is 5.75 Å². The Morgan fingerprint density at radius 1 is 1.06 bits per heavy atom. The Morgan fingerprint density at radius 3 is 2.62 bits per heavy atom. The number of nitrogens with zero attached hydrogens (tertiary/aromatic N) is 2. The molecule has 1 N–H and O–H groups in total. The lowest BCUT2D eigenvalue weighted by Gasteiger charge is -2.18. The summed E-state index contributed by atoms with van der Waals surface area (Å²) in [5, 5.41) is 3.95. The number of rotatable bonds is 8. The van der Waals surface area contributed by atoms with Crippen LogP contribution in [-0.2, 0) is 6.54 Å². The molecule has 5 nitrogen and oxygen atoms in total. The third kappa shape index (κ3) is 6.39. The molecule has 2 saturated heterocycles. The monoisotopic (exact) mass is 539 g/mol. The van der Waals surface area contributed by atoms with E-state index in [4.69, 9.17) is 27.9 Å². The molecule has 0 bridgehead atoms. The maximum Gasteiger partial charge on any atom is 0.251 e. The highest BCUT2D eigenvalue weighted by molar-refractivity contribution is 9.10. The van der Waals surface area contributed by atoms with E-state index < -0.39 is 0 Å². The highest BCUT2D eigenvalue weighted by Gasteiger charge is 2.24. The van der Waals surface area contributed by atoms with Crippen molar-refractivity contribution < 1.29 is 9.53 Å². The van der Waals surface area contributed by atoms with Crippen LogP contribution >= 0.6 is 39.1 Å². The van der Waals surface area contributed by atoms with Crippen LogP contribution < -0.4 is 10.1 Å². The number of nitrogens with one attached hydrogen (secondary N) is 1. The predicted molar refractivity (Wildman–Crippen MR) is 133 cm³/mol. The molecule has 1 amide bonds. The molecule has 1 atom stereocenters. The molecule has 2 aromatic rings. The highest BCUT2D eigenvalue weighted by atomic mass is 79.9.